The van der Waals surface area contributed by atoms with Gasteiger partial charge in [0, 0.05) is 17.1 Å². The van der Waals surface area contributed by atoms with Crippen molar-refractivity contribution < 1.29 is 9.53 Å². The van der Waals surface area contributed by atoms with Gasteiger partial charge in [0.2, 0.25) is 0 Å². The number of hydrogen-bond acceptors (Lipinski definition) is 3. The summed E-state index contributed by atoms with van der Waals surface area (Å²) in [4.78, 5) is 11.6. The van der Waals surface area contributed by atoms with E-state index in [-0.39, 0.29) is 5.41 Å². The molecule has 0 saturated carbocycles. The quantitative estimate of drug-likeness (QED) is 0.663. The zero-order valence-corrected chi connectivity index (χ0v) is 8.74. The van der Waals surface area contributed by atoms with E-state index in [1.165, 1.54) is 0 Å². The normalized spacial score (nSPS) is 24.4. The van der Waals surface area contributed by atoms with Crippen LogP contribution >= 0.6 is 11.8 Å². The van der Waals surface area contributed by atoms with E-state index in [1.807, 2.05) is 20.8 Å². The van der Waals surface area contributed by atoms with Gasteiger partial charge in [-0.2, -0.15) is 0 Å². The van der Waals surface area contributed by atoms with Gasteiger partial charge >= 0.3 is 0 Å². The fourth-order valence-electron chi connectivity index (χ4n) is 1.00. The van der Waals surface area contributed by atoms with Gasteiger partial charge in [-0.25, -0.2) is 0 Å². The van der Waals surface area contributed by atoms with Gasteiger partial charge in [-0.3, -0.25) is 4.79 Å². The Labute approximate surface area is 78.1 Å². The minimum absolute atomic E-state index is 0.191. The number of ether oxygens (including phenoxy) is 1. The summed E-state index contributed by atoms with van der Waals surface area (Å²) >= 11 is 1.74. The largest absolute Gasteiger partial charge is 0.370 e. The molecule has 2 nitrogen and oxygen atoms in total. The summed E-state index contributed by atoms with van der Waals surface area (Å²) in [5.74, 6) is 1.09. The fourth-order valence-corrected chi connectivity index (χ4v) is 1.85. The monoisotopic (exact) mass is 188 g/mol. The number of ketones is 1. The molecule has 1 fully saturated rings. The Hall–Kier alpha value is -0.0200. The van der Waals surface area contributed by atoms with Crippen LogP contribution in [0.1, 0.15) is 27.2 Å². The first-order chi connectivity index (χ1) is 5.50. The second-order valence-electron chi connectivity index (χ2n) is 4.15. The van der Waals surface area contributed by atoms with Crippen molar-refractivity contribution in [3.8, 4) is 0 Å². The van der Waals surface area contributed by atoms with Crippen LogP contribution in [0.5, 0.6) is 0 Å². The van der Waals surface area contributed by atoms with Crippen LogP contribution in [0.25, 0.3) is 0 Å². The van der Waals surface area contributed by atoms with Gasteiger partial charge in [-0.15, -0.1) is 11.8 Å². The molecular formula is C9H16O2S. The molecule has 0 aromatic heterocycles. The van der Waals surface area contributed by atoms with Crippen molar-refractivity contribution in [2.45, 2.75) is 32.4 Å². The summed E-state index contributed by atoms with van der Waals surface area (Å²) in [5.41, 5.74) is -0.191. The second-order valence-corrected chi connectivity index (χ2v) is 5.39. The molecule has 0 N–H and O–H groups in total. The topological polar surface area (TPSA) is 26.3 Å². The van der Waals surface area contributed by atoms with Crippen molar-refractivity contribution in [3.63, 3.8) is 0 Å². The van der Waals surface area contributed by atoms with E-state index >= 15 is 0 Å². The highest BCUT2D eigenvalue weighted by atomic mass is 32.2. The summed E-state index contributed by atoms with van der Waals surface area (Å²) in [6, 6.07) is 0. The molecule has 0 aromatic carbocycles. The van der Waals surface area contributed by atoms with Gasteiger partial charge in [-0.05, 0) is 0 Å². The molecular weight excluding hydrogens is 172 g/mol. The highest BCUT2D eigenvalue weighted by molar-refractivity contribution is 8.00. The highest BCUT2D eigenvalue weighted by Crippen LogP contribution is 2.26. The van der Waals surface area contributed by atoms with Crippen LogP contribution in [0.2, 0.25) is 0 Å². The Bertz CT molecular complexity index is 166. The van der Waals surface area contributed by atoms with Crippen LogP contribution in [0, 0.1) is 5.41 Å². The molecule has 0 aromatic rings. The Morgan fingerprint density at radius 2 is 2.25 bits per heavy atom. The van der Waals surface area contributed by atoms with Crippen LogP contribution in [-0.2, 0) is 9.53 Å². The van der Waals surface area contributed by atoms with Gasteiger partial charge in [0.1, 0.15) is 5.78 Å². The van der Waals surface area contributed by atoms with Gasteiger partial charge in [-0.1, -0.05) is 20.8 Å². The van der Waals surface area contributed by atoms with Crippen molar-refractivity contribution in [2.24, 2.45) is 5.41 Å². The maximum Gasteiger partial charge on any atom is 0.139 e. The lowest BCUT2D eigenvalue weighted by Crippen LogP contribution is -2.24. The lowest BCUT2D eigenvalue weighted by Gasteiger charge is -2.17. The third-order valence-electron chi connectivity index (χ3n) is 1.94. The number of hydrogen-bond donors (Lipinski definition) is 0. The van der Waals surface area contributed by atoms with Gasteiger partial charge in [0.05, 0.1) is 12.5 Å². The molecule has 1 heterocycles. The molecule has 1 unspecified atom stereocenters. The zero-order chi connectivity index (χ0) is 9.19. The van der Waals surface area contributed by atoms with E-state index in [2.05, 4.69) is 0 Å². The van der Waals surface area contributed by atoms with Crippen LogP contribution in [0.4, 0.5) is 0 Å². The van der Waals surface area contributed by atoms with Crippen LogP contribution in [0.3, 0.4) is 0 Å². The molecule has 1 saturated heterocycles. The van der Waals surface area contributed by atoms with Crippen LogP contribution in [0.15, 0.2) is 0 Å². The standard InChI is InChI=1S/C9H16O2S/c1-9(2,3)8(10)4-7-5-11-6-12-7/h7H,4-6H2,1-3H3. The maximum absolute atomic E-state index is 11.6. The Morgan fingerprint density at radius 3 is 2.67 bits per heavy atom. The summed E-state index contributed by atoms with van der Waals surface area (Å²) in [7, 11) is 0. The van der Waals surface area contributed by atoms with E-state index in [4.69, 9.17) is 4.74 Å². The first-order valence-electron chi connectivity index (χ1n) is 4.23. The van der Waals surface area contributed by atoms with E-state index in [0.717, 1.165) is 12.5 Å². The predicted octanol–water partition coefficient (Wildman–Crippen LogP) is 2.08. The molecule has 0 aliphatic carbocycles. The van der Waals surface area contributed by atoms with Crippen molar-refractivity contribution >= 4 is 17.5 Å². The molecule has 1 rings (SSSR count). The first-order valence-corrected chi connectivity index (χ1v) is 5.27. The van der Waals surface area contributed by atoms with Crippen molar-refractivity contribution in [1.82, 2.24) is 0 Å². The van der Waals surface area contributed by atoms with Crippen molar-refractivity contribution in [1.29, 1.82) is 0 Å². The van der Waals surface area contributed by atoms with Crippen molar-refractivity contribution in [3.05, 3.63) is 0 Å². The molecule has 0 spiro atoms. The molecule has 0 radical (unpaired) electrons. The average Bonchev–Trinajstić information content (AvgIpc) is 2.37. The Morgan fingerprint density at radius 1 is 1.58 bits per heavy atom. The van der Waals surface area contributed by atoms with Crippen LogP contribution < -0.4 is 0 Å². The fraction of sp³-hybridized carbons (Fsp3) is 0.889. The molecule has 0 amide bonds. The molecule has 1 aliphatic heterocycles. The second kappa shape index (κ2) is 3.79. The van der Waals surface area contributed by atoms with E-state index in [1.54, 1.807) is 11.8 Å². The predicted molar refractivity (Wildman–Crippen MR) is 51.3 cm³/mol. The van der Waals surface area contributed by atoms with Crippen LogP contribution in [-0.4, -0.2) is 23.6 Å². The number of carbonyl (C=O) groups is 1. The molecule has 12 heavy (non-hydrogen) atoms. The van der Waals surface area contributed by atoms with Gasteiger partial charge in [0.25, 0.3) is 0 Å². The molecule has 0 bridgehead atoms. The van der Waals surface area contributed by atoms with E-state index in [0.29, 0.717) is 17.5 Å². The Kier molecular flexibility index (Phi) is 3.18. The SMILES string of the molecule is CC(C)(C)C(=O)CC1COCS1. The van der Waals surface area contributed by atoms with Gasteiger partial charge < -0.3 is 4.74 Å². The average molecular weight is 188 g/mol. The highest BCUT2D eigenvalue weighted by Gasteiger charge is 2.26. The van der Waals surface area contributed by atoms with Crippen molar-refractivity contribution in [2.75, 3.05) is 12.5 Å². The minimum atomic E-state index is -0.191. The smallest absolute Gasteiger partial charge is 0.139 e. The first kappa shape index (κ1) is 10.1. The lowest BCUT2D eigenvalue weighted by molar-refractivity contribution is -0.126. The summed E-state index contributed by atoms with van der Waals surface area (Å²) in [5, 5.41) is 0.400. The summed E-state index contributed by atoms with van der Waals surface area (Å²) in [6.45, 7) is 6.65. The maximum atomic E-state index is 11.6. The summed E-state index contributed by atoms with van der Waals surface area (Å²) < 4.78 is 5.18. The third-order valence-corrected chi connectivity index (χ3v) is 3.02. The van der Waals surface area contributed by atoms with E-state index < -0.39 is 0 Å². The number of Topliss-reactive ketones (excluding diaryl/α,β-unsaturated/α-hetero) is 1. The lowest BCUT2D eigenvalue weighted by atomic mass is 9.88. The molecule has 70 valence electrons. The van der Waals surface area contributed by atoms with Gasteiger partial charge in [0.15, 0.2) is 0 Å². The number of carbonyl (C=O) groups excluding carboxylic acids is 1. The molecule has 1 atom stereocenters. The third kappa shape index (κ3) is 2.79. The summed E-state index contributed by atoms with van der Waals surface area (Å²) in [6.07, 6.45) is 0.661. The zero-order valence-electron chi connectivity index (χ0n) is 7.92. The number of rotatable bonds is 2. The minimum Gasteiger partial charge on any atom is -0.370 e. The molecule has 1 aliphatic rings. The van der Waals surface area contributed by atoms with E-state index in [9.17, 15) is 4.79 Å². The Balaban J connectivity index is 2.35. The number of thioether (sulfide) groups is 1. The molecule has 3 heteroatoms.